The number of nitrogens with one attached hydrogen (secondary N) is 2. The van der Waals surface area contributed by atoms with Gasteiger partial charge in [-0.15, -0.1) is 0 Å². The van der Waals surface area contributed by atoms with E-state index >= 15 is 0 Å². The third-order valence-corrected chi connectivity index (χ3v) is 2.78. The number of nitrogens with zero attached hydrogens (tertiary/aromatic N) is 3. The Balaban J connectivity index is 2.15. The van der Waals surface area contributed by atoms with Crippen LogP contribution in [0.1, 0.15) is 24.4 Å². The fourth-order valence-corrected chi connectivity index (χ4v) is 1.91. The SMILES string of the molecule is Cc1cnc(NC(C)c2ncn[nH]2)c(Br)c1. The Labute approximate surface area is 102 Å². The van der Waals surface area contributed by atoms with E-state index in [9.17, 15) is 0 Å². The van der Waals surface area contributed by atoms with E-state index in [2.05, 4.69) is 41.4 Å². The average molecular weight is 282 g/mol. The fourth-order valence-electron chi connectivity index (χ4n) is 1.34. The van der Waals surface area contributed by atoms with Gasteiger partial charge in [-0.25, -0.2) is 9.97 Å². The van der Waals surface area contributed by atoms with Crippen molar-refractivity contribution in [2.75, 3.05) is 5.32 Å². The predicted octanol–water partition coefficient (Wildman–Crippen LogP) is 2.44. The summed E-state index contributed by atoms with van der Waals surface area (Å²) in [7, 11) is 0. The summed E-state index contributed by atoms with van der Waals surface area (Å²) >= 11 is 3.47. The van der Waals surface area contributed by atoms with Gasteiger partial charge in [-0.3, -0.25) is 5.10 Å². The summed E-state index contributed by atoms with van der Waals surface area (Å²) in [6.45, 7) is 4.00. The lowest BCUT2D eigenvalue weighted by Crippen LogP contribution is -2.10. The lowest BCUT2D eigenvalue weighted by molar-refractivity contribution is 0.789. The highest BCUT2D eigenvalue weighted by atomic mass is 79.9. The molecule has 0 fully saturated rings. The van der Waals surface area contributed by atoms with Crippen molar-refractivity contribution < 1.29 is 0 Å². The molecule has 6 heteroatoms. The number of rotatable bonds is 3. The Bertz CT molecular complexity index is 468. The molecule has 2 aromatic rings. The molecule has 0 aliphatic carbocycles. The van der Waals surface area contributed by atoms with Crippen LogP contribution in [-0.4, -0.2) is 20.2 Å². The van der Waals surface area contributed by atoms with Crippen LogP contribution in [0.2, 0.25) is 0 Å². The summed E-state index contributed by atoms with van der Waals surface area (Å²) in [5, 5.41) is 9.88. The molecule has 2 rings (SSSR count). The first-order valence-corrected chi connectivity index (χ1v) is 5.70. The maximum absolute atomic E-state index is 4.31. The number of aryl methyl sites for hydroxylation is 1. The zero-order valence-corrected chi connectivity index (χ0v) is 10.6. The second kappa shape index (κ2) is 4.61. The number of aromatic nitrogens is 4. The van der Waals surface area contributed by atoms with Crippen LogP contribution in [0.3, 0.4) is 0 Å². The smallest absolute Gasteiger partial charge is 0.146 e. The number of H-pyrrole nitrogens is 1. The van der Waals surface area contributed by atoms with Crippen molar-refractivity contribution in [2.24, 2.45) is 0 Å². The van der Waals surface area contributed by atoms with E-state index in [1.54, 1.807) is 0 Å². The van der Waals surface area contributed by atoms with E-state index in [0.717, 1.165) is 21.7 Å². The van der Waals surface area contributed by atoms with Crippen molar-refractivity contribution in [1.82, 2.24) is 20.2 Å². The van der Waals surface area contributed by atoms with Gasteiger partial charge in [0, 0.05) is 6.20 Å². The van der Waals surface area contributed by atoms with Gasteiger partial charge in [0.2, 0.25) is 0 Å². The number of aromatic amines is 1. The van der Waals surface area contributed by atoms with E-state index < -0.39 is 0 Å². The first-order chi connectivity index (χ1) is 7.66. The topological polar surface area (TPSA) is 66.5 Å². The number of halogens is 1. The Kier molecular flexibility index (Phi) is 3.19. The molecular formula is C10H12BrN5. The standard InChI is InChI=1S/C10H12BrN5/c1-6-3-8(11)10(12-4-6)15-7(2)9-13-5-14-16-9/h3-5,7H,1-2H3,(H,12,15)(H,13,14,16). The third-order valence-electron chi connectivity index (χ3n) is 2.17. The molecule has 0 saturated heterocycles. The van der Waals surface area contributed by atoms with Crippen LogP contribution in [0, 0.1) is 6.92 Å². The molecule has 0 spiro atoms. The molecule has 0 aliphatic heterocycles. The van der Waals surface area contributed by atoms with E-state index in [4.69, 9.17) is 0 Å². The van der Waals surface area contributed by atoms with Gasteiger partial charge in [0.15, 0.2) is 0 Å². The fraction of sp³-hybridized carbons (Fsp3) is 0.300. The Morgan fingerprint density at radius 1 is 1.44 bits per heavy atom. The van der Waals surface area contributed by atoms with Gasteiger partial charge < -0.3 is 5.32 Å². The Hall–Kier alpha value is -1.43. The van der Waals surface area contributed by atoms with Crippen molar-refractivity contribution in [3.05, 3.63) is 34.5 Å². The van der Waals surface area contributed by atoms with Gasteiger partial charge in [-0.1, -0.05) is 0 Å². The summed E-state index contributed by atoms with van der Waals surface area (Å²) in [4.78, 5) is 8.39. The summed E-state index contributed by atoms with van der Waals surface area (Å²) in [6, 6.07) is 2.05. The monoisotopic (exact) mass is 281 g/mol. The summed E-state index contributed by atoms with van der Waals surface area (Å²) < 4.78 is 0.943. The van der Waals surface area contributed by atoms with Gasteiger partial charge in [0.1, 0.15) is 18.0 Å². The molecular weight excluding hydrogens is 270 g/mol. The molecule has 5 nitrogen and oxygen atoms in total. The van der Waals surface area contributed by atoms with Crippen LogP contribution in [0.15, 0.2) is 23.1 Å². The van der Waals surface area contributed by atoms with Gasteiger partial charge in [-0.05, 0) is 41.4 Å². The highest BCUT2D eigenvalue weighted by Gasteiger charge is 2.10. The van der Waals surface area contributed by atoms with Crippen molar-refractivity contribution in [3.8, 4) is 0 Å². The first kappa shape index (κ1) is 11.1. The third kappa shape index (κ3) is 2.38. The van der Waals surface area contributed by atoms with E-state index in [-0.39, 0.29) is 6.04 Å². The minimum Gasteiger partial charge on any atom is -0.359 e. The van der Waals surface area contributed by atoms with Crippen LogP contribution in [0.5, 0.6) is 0 Å². The first-order valence-electron chi connectivity index (χ1n) is 4.91. The van der Waals surface area contributed by atoms with Gasteiger partial charge >= 0.3 is 0 Å². The second-order valence-electron chi connectivity index (χ2n) is 3.58. The highest BCUT2D eigenvalue weighted by molar-refractivity contribution is 9.10. The molecule has 0 aromatic carbocycles. The maximum Gasteiger partial charge on any atom is 0.146 e. The molecule has 1 atom stereocenters. The minimum atomic E-state index is 0.0361. The molecule has 16 heavy (non-hydrogen) atoms. The highest BCUT2D eigenvalue weighted by Crippen LogP contribution is 2.23. The molecule has 0 amide bonds. The van der Waals surface area contributed by atoms with Crippen molar-refractivity contribution in [1.29, 1.82) is 0 Å². The van der Waals surface area contributed by atoms with Crippen molar-refractivity contribution in [2.45, 2.75) is 19.9 Å². The molecule has 1 unspecified atom stereocenters. The minimum absolute atomic E-state index is 0.0361. The van der Waals surface area contributed by atoms with Crippen LogP contribution < -0.4 is 5.32 Å². The molecule has 0 aliphatic rings. The van der Waals surface area contributed by atoms with Crippen LogP contribution in [-0.2, 0) is 0 Å². The van der Waals surface area contributed by atoms with E-state index in [1.165, 1.54) is 6.33 Å². The Morgan fingerprint density at radius 3 is 2.88 bits per heavy atom. The zero-order chi connectivity index (χ0) is 11.5. The van der Waals surface area contributed by atoms with Crippen molar-refractivity contribution >= 4 is 21.7 Å². The van der Waals surface area contributed by atoms with E-state index in [0.29, 0.717) is 0 Å². The van der Waals surface area contributed by atoms with Gasteiger partial charge in [0.25, 0.3) is 0 Å². The van der Waals surface area contributed by atoms with Crippen LogP contribution >= 0.6 is 15.9 Å². The summed E-state index contributed by atoms with van der Waals surface area (Å²) in [5.74, 6) is 1.59. The zero-order valence-electron chi connectivity index (χ0n) is 9.03. The molecule has 2 heterocycles. The number of hydrogen-bond acceptors (Lipinski definition) is 4. The number of anilines is 1. The lowest BCUT2D eigenvalue weighted by Gasteiger charge is -2.13. The van der Waals surface area contributed by atoms with Gasteiger partial charge in [0.05, 0.1) is 10.5 Å². The molecule has 0 radical (unpaired) electrons. The summed E-state index contributed by atoms with van der Waals surface area (Å²) in [5.41, 5.74) is 1.12. The Morgan fingerprint density at radius 2 is 2.25 bits per heavy atom. The molecule has 84 valence electrons. The summed E-state index contributed by atoms with van der Waals surface area (Å²) in [6.07, 6.45) is 3.31. The predicted molar refractivity (Wildman–Crippen MR) is 65.1 cm³/mol. The normalized spacial score (nSPS) is 12.4. The lowest BCUT2D eigenvalue weighted by atomic mass is 10.3. The molecule has 2 aromatic heterocycles. The second-order valence-corrected chi connectivity index (χ2v) is 4.43. The van der Waals surface area contributed by atoms with E-state index in [1.807, 2.05) is 26.1 Å². The molecule has 0 bridgehead atoms. The molecule has 0 saturated carbocycles. The maximum atomic E-state index is 4.31. The van der Waals surface area contributed by atoms with Crippen molar-refractivity contribution in [3.63, 3.8) is 0 Å². The number of hydrogen-bond donors (Lipinski definition) is 2. The number of pyridine rings is 1. The van der Waals surface area contributed by atoms with Gasteiger partial charge in [-0.2, -0.15) is 5.10 Å². The van der Waals surface area contributed by atoms with Crippen LogP contribution in [0.4, 0.5) is 5.82 Å². The molecule has 2 N–H and O–H groups in total. The quantitative estimate of drug-likeness (QED) is 0.907. The van der Waals surface area contributed by atoms with Crippen LogP contribution in [0.25, 0.3) is 0 Å². The average Bonchev–Trinajstić information content (AvgIpc) is 2.75. The largest absolute Gasteiger partial charge is 0.359 e.